The van der Waals surface area contributed by atoms with Crippen molar-refractivity contribution in [2.75, 3.05) is 13.7 Å². The molecular formula is C27H39ClN2O4. The minimum Gasteiger partial charge on any atom is -0.501 e. The number of hydrogen-bond donors (Lipinski definition) is 1. The maximum Gasteiger partial charge on any atom is 0.257 e. The molecule has 34 heavy (non-hydrogen) atoms. The molecule has 0 spiro atoms. The second-order valence-corrected chi connectivity index (χ2v) is 8.71. The van der Waals surface area contributed by atoms with Gasteiger partial charge < -0.3 is 10.1 Å². The molecule has 1 heterocycles. The van der Waals surface area contributed by atoms with Crippen LogP contribution in [0.15, 0.2) is 59.9 Å². The molecule has 1 aliphatic heterocycles. The molecule has 0 radical (unpaired) electrons. The Morgan fingerprint density at radius 2 is 2.03 bits per heavy atom. The molecule has 0 saturated carbocycles. The lowest BCUT2D eigenvalue weighted by Crippen LogP contribution is -2.37. The Bertz CT molecular complexity index is 813. The predicted octanol–water partition coefficient (Wildman–Crippen LogP) is 5.57. The van der Waals surface area contributed by atoms with Crippen LogP contribution in [0.1, 0.15) is 65.2 Å². The average Bonchev–Trinajstić information content (AvgIpc) is 3.16. The van der Waals surface area contributed by atoms with Crippen LogP contribution in [0.2, 0.25) is 0 Å². The summed E-state index contributed by atoms with van der Waals surface area (Å²) in [6, 6.07) is -0.272. The van der Waals surface area contributed by atoms with Crippen LogP contribution < -0.4 is 5.32 Å². The fourth-order valence-corrected chi connectivity index (χ4v) is 3.73. The Balaban J connectivity index is 2.28. The molecule has 6 nitrogen and oxygen atoms in total. The van der Waals surface area contributed by atoms with Gasteiger partial charge in [0.25, 0.3) is 11.8 Å². The van der Waals surface area contributed by atoms with Crippen molar-refractivity contribution in [2.45, 2.75) is 71.3 Å². The number of amides is 3. The minimum absolute atomic E-state index is 0.0544. The quantitative estimate of drug-likeness (QED) is 0.133. The lowest BCUT2D eigenvalue weighted by molar-refractivity contribution is -0.139. The number of allylic oxidation sites excluding steroid dienone is 4. The van der Waals surface area contributed by atoms with Crippen molar-refractivity contribution >= 4 is 29.3 Å². The lowest BCUT2D eigenvalue weighted by Gasteiger charge is -2.18. The van der Waals surface area contributed by atoms with Crippen molar-refractivity contribution in [3.8, 4) is 0 Å². The maximum absolute atomic E-state index is 12.3. The van der Waals surface area contributed by atoms with Gasteiger partial charge in [0.2, 0.25) is 5.91 Å². The molecule has 0 aliphatic carbocycles. The third-order valence-electron chi connectivity index (χ3n) is 5.62. The summed E-state index contributed by atoms with van der Waals surface area (Å²) < 4.78 is 5.24. The van der Waals surface area contributed by atoms with Gasteiger partial charge in [0.1, 0.15) is 5.76 Å². The minimum atomic E-state index is -0.421. The molecule has 1 N–H and O–H groups in total. The molecule has 0 saturated heterocycles. The van der Waals surface area contributed by atoms with Gasteiger partial charge in [-0.15, -0.1) is 6.58 Å². The molecule has 1 rings (SSSR count). The molecule has 7 heteroatoms. The zero-order valence-corrected chi connectivity index (χ0v) is 21.5. The van der Waals surface area contributed by atoms with E-state index in [0.717, 1.165) is 32.1 Å². The van der Waals surface area contributed by atoms with E-state index in [1.165, 1.54) is 29.7 Å². The van der Waals surface area contributed by atoms with Crippen LogP contribution in [0, 0.1) is 5.92 Å². The molecule has 2 unspecified atom stereocenters. The second kappa shape index (κ2) is 16.9. The smallest absolute Gasteiger partial charge is 0.257 e. The SMILES string of the molecule is C=CCCC/C(=C\Cl)CCC(C)/C=C/CCC(=O)NCC/C(=C\C(=O)N1C(=O)C=CC1C)OC. The van der Waals surface area contributed by atoms with Gasteiger partial charge in [-0.2, -0.15) is 0 Å². The number of hydrogen-bond acceptors (Lipinski definition) is 4. The summed E-state index contributed by atoms with van der Waals surface area (Å²) in [7, 11) is 1.47. The molecule has 0 aromatic rings. The van der Waals surface area contributed by atoms with Crippen molar-refractivity contribution < 1.29 is 19.1 Å². The van der Waals surface area contributed by atoms with Crippen LogP contribution in [-0.4, -0.2) is 42.3 Å². The number of unbranched alkanes of at least 4 members (excludes halogenated alkanes) is 1. The first-order valence-corrected chi connectivity index (χ1v) is 12.4. The normalized spacial score (nSPS) is 17.4. The fraction of sp³-hybridized carbons (Fsp3) is 0.519. The van der Waals surface area contributed by atoms with E-state index in [2.05, 4.69) is 24.9 Å². The molecule has 0 aromatic carbocycles. The average molecular weight is 491 g/mol. The fourth-order valence-electron chi connectivity index (χ4n) is 3.51. The monoisotopic (exact) mass is 490 g/mol. The van der Waals surface area contributed by atoms with Crippen LogP contribution in [0.3, 0.4) is 0 Å². The number of nitrogens with zero attached hydrogens (tertiary/aromatic N) is 1. The highest BCUT2D eigenvalue weighted by Crippen LogP contribution is 2.19. The van der Waals surface area contributed by atoms with Gasteiger partial charge in [0, 0.05) is 37.1 Å². The highest BCUT2D eigenvalue weighted by Gasteiger charge is 2.27. The van der Waals surface area contributed by atoms with E-state index in [1.807, 2.05) is 12.2 Å². The summed E-state index contributed by atoms with van der Waals surface area (Å²) in [5.41, 5.74) is 2.97. The van der Waals surface area contributed by atoms with E-state index in [9.17, 15) is 14.4 Å². The predicted molar refractivity (Wildman–Crippen MR) is 138 cm³/mol. The highest BCUT2D eigenvalue weighted by molar-refractivity contribution is 6.25. The van der Waals surface area contributed by atoms with Crippen molar-refractivity contribution in [1.82, 2.24) is 10.2 Å². The Morgan fingerprint density at radius 1 is 1.26 bits per heavy atom. The zero-order valence-electron chi connectivity index (χ0n) is 20.7. The first kappa shape index (κ1) is 29.4. The molecule has 2 atom stereocenters. The van der Waals surface area contributed by atoms with Gasteiger partial charge in [-0.05, 0) is 51.4 Å². The zero-order chi connectivity index (χ0) is 25.3. The Kier molecular flexibility index (Phi) is 14.7. The Morgan fingerprint density at radius 3 is 2.65 bits per heavy atom. The molecule has 1 aliphatic rings. The number of nitrogens with one attached hydrogen (secondary N) is 1. The number of carbonyl (C=O) groups excluding carboxylic acids is 3. The van der Waals surface area contributed by atoms with Gasteiger partial charge >= 0.3 is 0 Å². The molecule has 3 amide bonds. The van der Waals surface area contributed by atoms with Gasteiger partial charge in [-0.1, -0.05) is 48.4 Å². The summed E-state index contributed by atoms with van der Waals surface area (Å²) in [5.74, 6) is 0.0260. The first-order valence-electron chi connectivity index (χ1n) is 11.9. The van der Waals surface area contributed by atoms with Crippen LogP contribution in [0.4, 0.5) is 0 Å². The van der Waals surface area contributed by atoms with Gasteiger partial charge in [0.05, 0.1) is 13.2 Å². The van der Waals surface area contributed by atoms with E-state index in [0.29, 0.717) is 37.5 Å². The summed E-state index contributed by atoms with van der Waals surface area (Å²) >= 11 is 5.93. The largest absolute Gasteiger partial charge is 0.501 e. The first-order chi connectivity index (χ1) is 16.3. The topological polar surface area (TPSA) is 75.7 Å². The maximum atomic E-state index is 12.3. The number of rotatable bonds is 16. The number of methoxy groups -OCH3 is 1. The molecule has 0 bridgehead atoms. The van der Waals surface area contributed by atoms with E-state index in [1.54, 1.807) is 18.5 Å². The molecule has 0 fully saturated rings. The summed E-state index contributed by atoms with van der Waals surface area (Å²) in [6.45, 7) is 8.04. The third-order valence-corrected chi connectivity index (χ3v) is 5.93. The summed E-state index contributed by atoms with van der Waals surface area (Å²) in [6.07, 6.45) is 17.0. The van der Waals surface area contributed by atoms with Crippen LogP contribution in [0.25, 0.3) is 0 Å². The van der Waals surface area contributed by atoms with Crippen LogP contribution in [0.5, 0.6) is 0 Å². The standard InChI is InChI=1S/C27H39ClN2O4/c1-5-6-7-11-23(20-28)15-13-21(2)10-8-9-12-25(31)29-18-17-24(34-4)19-27(33)30-22(3)14-16-26(30)32/h5,8,10,14,16,19-22H,1,6-7,9,11-13,15,17-18H2,2-4H3,(H,29,31)/b10-8+,23-20+,24-19+. The van der Waals surface area contributed by atoms with Crippen molar-refractivity contribution in [3.63, 3.8) is 0 Å². The highest BCUT2D eigenvalue weighted by atomic mass is 35.5. The van der Waals surface area contributed by atoms with Gasteiger partial charge in [0.15, 0.2) is 0 Å². The van der Waals surface area contributed by atoms with Crippen molar-refractivity contribution in [3.05, 3.63) is 59.9 Å². The van der Waals surface area contributed by atoms with Gasteiger partial charge in [-0.25, -0.2) is 0 Å². The number of carbonyl (C=O) groups is 3. The summed E-state index contributed by atoms with van der Waals surface area (Å²) in [4.78, 5) is 37.4. The Hall–Kier alpha value is -2.60. The number of imide groups is 1. The van der Waals surface area contributed by atoms with Crippen molar-refractivity contribution in [2.24, 2.45) is 5.92 Å². The van der Waals surface area contributed by atoms with Crippen molar-refractivity contribution in [1.29, 1.82) is 0 Å². The van der Waals surface area contributed by atoms with E-state index in [4.69, 9.17) is 16.3 Å². The van der Waals surface area contributed by atoms with Crippen LogP contribution >= 0.6 is 11.6 Å². The second-order valence-electron chi connectivity index (χ2n) is 8.49. The molecule has 0 aromatic heterocycles. The van der Waals surface area contributed by atoms with E-state index < -0.39 is 5.91 Å². The van der Waals surface area contributed by atoms with E-state index >= 15 is 0 Å². The Labute approximate surface area is 209 Å². The summed E-state index contributed by atoms with van der Waals surface area (Å²) in [5, 5.41) is 2.84. The number of halogens is 1. The van der Waals surface area contributed by atoms with Crippen LogP contribution in [-0.2, 0) is 19.1 Å². The molecule has 188 valence electrons. The third kappa shape index (κ3) is 11.5. The lowest BCUT2D eigenvalue weighted by atomic mass is 9.98. The van der Waals surface area contributed by atoms with E-state index in [-0.39, 0.29) is 17.9 Å². The molecular weight excluding hydrogens is 452 g/mol. The van der Waals surface area contributed by atoms with Gasteiger partial charge in [-0.3, -0.25) is 19.3 Å². The number of ether oxygens (including phenoxy) is 1.